The maximum atomic E-state index is 10.7. The molecule has 0 amide bonds. The molecular weight excluding hydrogens is 144 g/mol. The number of rotatable bonds is 1. The van der Waals surface area contributed by atoms with Crippen molar-refractivity contribution in [1.29, 1.82) is 0 Å². The molecule has 1 aliphatic rings. The summed E-state index contributed by atoms with van der Waals surface area (Å²) in [6.45, 7) is 1.38. The molecule has 0 unspecified atom stereocenters. The van der Waals surface area contributed by atoms with Gasteiger partial charge in [-0.3, -0.25) is 0 Å². The zero-order valence-corrected chi connectivity index (χ0v) is 6.63. The van der Waals surface area contributed by atoms with Crippen LogP contribution in [0.2, 0.25) is 0 Å². The SMILES string of the molecule is COC(=O)C=C1CCCOC1. The van der Waals surface area contributed by atoms with Crippen molar-refractivity contribution in [1.82, 2.24) is 0 Å². The molecular formula is C8H12O3. The summed E-state index contributed by atoms with van der Waals surface area (Å²) in [4.78, 5) is 10.7. The Hall–Kier alpha value is -0.830. The standard InChI is InChI=1S/C8H12O3/c1-10-8(9)5-7-3-2-4-11-6-7/h5H,2-4,6H2,1H3. The molecule has 0 bridgehead atoms. The molecule has 0 spiro atoms. The monoisotopic (exact) mass is 156 g/mol. The smallest absolute Gasteiger partial charge is 0.330 e. The second-order valence-corrected chi connectivity index (χ2v) is 2.48. The molecule has 0 radical (unpaired) electrons. The molecule has 3 heteroatoms. The second kappa shape index (κ2) is 4.13. The van der Waals surface area contributed by atoms with E-state index < -0.39 is 0 Å². The zero-order chi connectivity index (χ0) is 8.10. The summed E-state index contributed by atoms with van der Waals surface area (Å²) < 4.78 is 9.63. The topological polar surface area (TPSA) is 35.5 Å². The highest BCUT2D eigenvalue weighted by Crippen LogP contribution is 2.11. The van der Waals surface area contributed by atoms with E-state index >= 15 is 0 Å². The molecule has 1 rings (SSSR count). The first-order valence-corrected chi connectivity index (χ1v) is 3.68. The van der Waals surface area contributed by atoms with Crippen LogP contribution in [0.1, 0.15) is 12.8 Å². The zero-order valence-electron chi connectivity index (χ0n) is 6.63. The molecule has 0 saturated carbocycles. The van der Waals surface area contributed by atoms with Crippen LogP contribution in [0.3, 0.4) is 0 Å². The minimum absolute atomic E-state index is 0.287. The van der Waals surface area contributed by atoms with E-state index in [-0.39, 0.29) is 5.97 Å². The molecule has 3 nitrogen and oxygen atoms in total. The van der Waals surface area contributed by atoms with Crippen LogP contribution in [-0.2, 0) is 14.3 Å². The average Bonchev–Trinajstić information content (AvgIpc) is 2.06. The van der Waals surface area contributed by atoms with E-state index in [9.17, 15) is 4.79 Å². The fourth-order valence-corrected chi connectivity index (χ4v) is 1.02. The summed E-state index contributed by atoms with van der Waals surface area (Å²) in [6, 6.07) is 0. The van der Waals surface area contributed by atoms with Crippen LogP contribution in [-0.4, -0.2) is 26.3 Å². The molecule has 1 saturated heterocycles. The second-order valence-electron chi connectivity index (χ2n) is 2.48. The van der Waals surface area contributed by atoms with Gasteiger partial charge < -0.3 is 9.47 Å². The van der Waals surface area contributed by atoms with Crippen molar-refractivity contribution < 1.29 is 14.3 Å². The first-order chi connectivity index (χ1) is 5.33. The first kappa shape index (κ1) is 8.27. The van der Waals surface area contributed by atoms with Gasteiger partial charge in [-0.05, 0) is 18.4 Å². The van der Waals surface area contributed by atoms with Gasteiger partial charge in [0, 0.05) is 12.7 Å². The van der Waals surface area contributed by atoms with E-state index in [1.807, 2.05) is 0 Å². The van der Waals surface area contributed by atoms with Gasteiger partial charge in [0.25, 0.3) is 0 Å². The summed E-state index contributed by atoms with van der Waals surface area (Å²) in [7, 11) is 1.38. The first-order valence-electron chi connectivity index (χ1n) is 3.68. The molecule has 0 N–H and O–H groups in total. The molecule has 0 aromatic heterocycles. The highest BCUT2D eigenvalue weighted by atomic mass is 16.5. The largest absolute Gasteiger partial charge is 0.466 e. The third-order valence-electron chi connectivity index (χ3n) is 1.60. The fourth-order valence-electron chi connectivity index (χ4n) is 1.02. The van der Waals surface area contributed by atoms with Gasteiger partial charge in [0.1, 0.15) is 0 Å². The van der Waals surface area contributed by atoms with Crippen LogP contribution < -0.4 is 0 Å². The van der Waals surface area contributed by atoms with E-state index in [4.69, 9.17) is 4.74 Å². The van der Waals surface area contributed by atoms with Gasteiger partial charge in [-0.15, -0.1) is 0 Å². The molecule has 0 aromatic rings. The van der Waals surface area contributed by atoms with Crippen LogP contribution >= 0.6 is 0 Å². The Morgan fingerprint density at radius 1 is 1.73 bits per heavy atom. The maximum Gasteiger partial charge on any atom is 0.330 e. The van der Waals surface area contributed by atoms with Crippen LogP contribution in [0, 0.1) is 0 Å². The molecule has 62 valence electrons. The van der Waals surface area contributed by atoms with Crippen molar-refractivity contribution >= 4 is 5.97 Å². The van der Waals surface area contributed by atoms with Crippen molar-refractivity contribution in [3.8, 4) is 0 Å². The Bertz CT molecular complexity index is 164. The third kappa shape index (κ3) is 2.72. The maximum absolute atomic E-state index is 10.7. The molecule has 11 heavy (non-hydrogen) atoms. The number of ether oxygens (including phenoxy) is 2. The van der Waals surface area contributed by atoms with Crippen molar-refractivity contribution in [2.75, 3.05) is 20.3 Å². The number of carbonyl (C=O) groups is 1. The molecule has 0 atom stereocenters. The van der Waals surface area contributed by atoms with Crippen LogP contribution in [0.5, 0.6) is 0 Å². The van der Waals surface area contributed by atoms with Crippen molar-refractivity contribution in [3.05, 3.63) is 11.6 Å². The number of hydrogen-bond donors (Lipinski definition) is 0. The van der Waals surface area contributed by atoms with E-state index in [0.29, 0.717) is 6.61 Å². The van der Waals surface area contributed by atoms with Gasteiger partial charge in [-0.25, -0.2) is 4.79 Å². The minimum Gasteiger partial charge on any atom is -0.466 e. The minimum atomic E-state index is -0.287. The van der Waals surface area contributed by atoms with E-state index in [2.05, 4.69) is 4.74 Å². The van der Waals surface area contributed by atoms with Crippen molar-refractivity contribution in [2.24, 2.45) is 0 Å². The van der Waals surface area contributed by atoms with Crippen LogP contribution in [0.25, 0.3) is 0 Å². The predicted molar refractivity (Wildman–Crippen MR) is 40.2 cm³/mol. The van der Waals surface area contributed by atoms with Gasteiger partial charge in [0.15, 0.2) is 0 Å². The lowest BCUT2D eigenvalue weighted by Crippen LogP contribution is -2.10. The Labute approximate surface area is 66.0 Å². The van der Waals surface area contributed by atoms with Crippen molar-refractivity contribution in [2.45, 2.75) is 12.8 Å². The average molecular weight is 156 g/mol. The summed E-state index contributed by atoms with van der Waals surface area (Å²) in [5.41, 5.74) is 1.03. The molecule has 1 fully saturated rings. The molecule has 0 aromatic carbocycles. The number of carbonyl (C=O) groups excluding carboxylic acids is 1. The highest BCUT2D eigenvalue weighted by Gasteiger charge is 2.06. The summed E-state index contributed by atoms with van der Waals surface area (Å²) in [5.74, 6) is -0.287. The highest BCUT2D eigenvalue weighted by molar-refractivity contribution is 5.82. The lowest BCUT2D eigenvalue weighted by atomic mass is 10.1. The lowest BCUT2D eigenvalue weighted by Gasteiger charge is -2.13. The Morgan fingerprint density at radius 3 is 3.09 bits per heavy atom. The summed E-state index contributed by atoms with van der Waals surface area (Å²) in [5, 5.41) is 0. The Balaban J connectivity index is 2.43. The van der Waals surface area contributed by atoms with E-state index in [0.717, 1.165) is 25.0 Å². The quantitative estimate of drug-likeness (QED) is 0.418. The summed E-state index contributed by atoms with van der Waals surface area (Å²) in [6.07, 6.45) is 3.47. The van der Waals surface area contributed by atoms with E-state index in [1.165, 1.54) is 13.2 Å². The van der Waals surface area contributed by atoms with Gasteiger partial charge in [-0.2, -0.15) is 0 Å². The Morgan fingerprint density at radius 2 is 2.55 bits per heavy atom. The van der Waals surface area contributed by atoms with Crippen LogP contribution in [0.4, 0.5) is 0 Å². The molecule has 0 aliphatic carbocycles. The number of esters is 1. The number of hydrogen-bond acceptors (Lipinski definition) is 3. The van der Waals surface area contributed by atoms with E-state index in [1.54, 1.807) is 0 Å². The Kier molecular flexibility index (Phi) is 3.11. The normalized spacial score (nSPS) is 21.7. The number of methoxy groups -OCH3 is 1. The lowest BCUT2D eigenvalue weighted by molar-refractivity contribution is -0.134. The third-order valence-corrected chi connectivity index (χ3v) is 1.60. The molecule has 1 heterocycles. The fraction of sp³-hybridized carbons (Fsp3) is 0.625. The van der Waals surface area contributed by atoms with Gasteiger partial charge in [0.05, 0.1) is 13.7 Å². The van der Waals surface area contributed by atoms with Crippen LogP contribution in [0.15, 0.2) is 11.6 Å². The van der Waals surface area contributed by atoms with Crippen molar-refractivity contribution in [3.63, 3.8) is 0 Å². The molecule has 1 aliphatic heterocycles. The van der Waals surface area contributed by atoms with Gasteiger partial charge >= 0.3 is 5.97 Å². The van der Waals surface area contributed by atoms with Gasteiger partial charge in [0.2, 0.25) is 0 Å². The predicted octanol–water partition coefficient (Wildman–Crippen LogP) is 0.896. The summed E-state index contributed by atoms with van der Waals surface area (Å²) >= 11 is 0. The van der Waals surface area contributed by atoms with Gasteiger partial charge in [-0.1, -0.05) is 0 Å².